The third-order valence-electron chi connectivity index (χ3n) is 1.56. The third-order valence-corrected chi connectivity index (χ3v) is 1.56. The van der Waals surface area contributed by atoms with Gasteiger partial charge in [0.05, 0.1) is 7.11 Å². The molecule has 0 N–H and O–H groups in total. The molecule has 7 heteroatoms. The average Bonchev–Trinajstić information content (AvgIpc) is 2.19. The molecule has 0 amide bonds. The van der Waals surface area contributed by atoms with Gasteiger partial charge in [-0.3, -0.25) is 0 Å². The number of isocyanates is 1. The molecule has 0 bridgehead atoms. The lowest BCUT2D eigenvalue weighted by atomic mass is 10.3. The van der Waals surface area contributed by atoms with Crippen molar-refractivity contribution in [2.24, 2.45) is 4.99 Å². The Morgan fingerprint density at radius 2 is 2.06 bits per heavy atom. The molecule has 0 aliphatic carbocycles. The lowest BCUT2D eigenvalue weighted by molar-refractivity contribution is -0.274. The van der Waals surface area contributed by atoms with E-state index < -0.39 is 12.1 Å². The highest BCUT2D eigenvalue weighted by Crippen LogP contribution is 2.40. The smallest absolute Gasteiger partial charge is 0.493 e. The number of carbonyl (C=O) groups excluding carboxylic acids is 1. The number of aliphatic imine (C=N–C) groups is 1. The van der Waals surface area contributed by atoms with Crippen molar-refractivity contribution < 1.29 is 27.4 Å². The molecule has 0 aromatic heterocycles. The van der Waals surface area contributed by atoms with Gasteiger partial charge in [-0.1, -0.05) is 6.07 Å². The van der Waals surface area contributed by atoms with Crippen molar-refractivity contribution in [3.05, 3.63) is 18.2 Å². The fourth-order valence-corrected chi connectivity index (χ4v) is 1.02. The lowest BCUT2D eigenvalue weighted by Crippen LogP contribution is -2.17. The fourth-order valence-electron chi connectivity index (χ4n) is 1.02. The van der Waals surface area contributed by atoms with Gasteiger partial charge in [0.15, 0.2) is 11.5 Å². The zero-order valence-electron chi connectivity index (χ0n) is 8.04. The van der Waals surface area contributed by atoms with Crippen molar-refractivity contribution in [1.29, 1.82) is 0 Å². The van der Waals surface area contributed by atoms with E-state index >= 15 is 0 Å². The largest absolute Gasteiger partial charge is 0.573 e. The topological polar surface area (TPSA) is 47.9 Å². The van der Waals surface area contributed by atoms with Gasteiger partial charge in [-0.2, -0.15) is 4.99 Å². The van der Waals surface area contributed by atoms with Crippen molar-refractivity contribution in [3.63, 3.8) is 0 Å². The van der Waals surface area contributed by atoms with Crippen LogP contribution in [0.3, 0.4) is 0 Å². The van der Waals surface area contributed by atoms with Crippen LogP contribution in [0, 0.1) is 0 Å². The van der Waals surface area contributed by atoms with Crippen LogP contribution in [0.25, 0.3) is 0 Å². The molecule has 0 saturated heterocycles. The summed E-state index contributed by atoms with van der Waals surface area (Å²) in [7, 11) is 1.17. The minimum absolute atomic E-state index is 0.172. The molecule has 0 atom stereocenters. The Bertz CT molecular complexity index is 424. The predicted molar refractivity (Wildman–Crippen MR) is 47.5 cm³/mol. The number of ether oxygens (including phenoxy) is 2. The quantitative estimate of drug-likeness (QED) is 0.595. The van der Waals surface area contributed by atoms with Gasteiger partial charge in [0.1, 0.15) is 5.69 Å². The van der Waals surface area contributed by atoms with E-state index in [9.17, 15) is 18.0 Å². The molecule has 1 aromatic carbocycles. The monoisotopic (exact) mass is 233 g/mol. The van der Waals surface area contributed by atoms with Crippen LogP contribution in [0.5, 0.6) is 11.5 Å². The molecule has 0 aliphatic heterocycles. The number of halogens is 3. The molecular weight excluding hydrogens is 227 g/mol. The maximum absolute atomic E-state index is 12.1. The van der Waals surface area contributed by atoms with E-state index in [0.717, 1.165) is 6.08 Å². The molecule has 0 fully saturated rings. The van der Waals surface area contributed by atoms with Crippen LogP contribution in [-0.2, 0) is 4.79 Å². The molecular formula is C9H6F3NO3. The van der Waals surface area contributed by atoms with Crippen LogP contribution in [-0.4, -0.2) is 19.6 Å². The summed E-state index contributed by atoms with van der Waals surface area (Å²) in [5.41, 5.74) is -0.299. The number of hydrogen-bond donors (Lipinski definition) is 0. The third kappa shape index (κ3) is 2.99. The summed E-state index contributed by atoms with van der Waals surface area (Å²) in [4.78, 5) is 13.1. The second-order valence-corrected chi connectivity index (χ2v) is 2.56. The van der Waals surface area contributed by atoms with Gasteiger partial charge in [-0.25, -0.2) is 4.79 Å². The van der Waals surface area contributed by atoms with Crippen molar-refractivity contribution in [2.45, 2.75) is 6.36 Å². The van der Waals surface area contributed by atoms with Gasteiger partial charge in [-0.15, -0.1) is 13.2 Å². The lowest BCUT2D eigenvalue weighted by Gasteiger charge is -2.13. The van der Waals surface area contributed by atoms with Crippen LogP contribution in [0.15, 0.2) is 23.2 Å². The van der Waals surface area contributed by atoms with Gasteiger partial charge >= 0.3 is 6.36 Å². The minimum atomic E-state index is -4.89. The zero-order chi connectivity index (χ0) is 12.2. The average molecular weight is 233 g/mol. The first-order valence-corrected chi connectivity index (χ1v) is 3.98. The molecule has 16 heavy (non-hydrogen) atoms. The normalized spacial score (nSPS) is 10.5. The highest BCUT2D eigenvalue weighted by Gasteiger charge is 2.33. The fraction of sp³-hybridized carbons (Fsp3) is 0.222. The van der Waals surface area contributed by atoms with Gasteiger partial charge in [0, 0.05) is 0 Å². The van der Waals surface area contributed by atoms with E-state index in [0.29, 0.717) is 0 Å². The molecule has 1 rings (SSSR count). The summed E-state index contributed by atoms with van der Waals surface area (Å²) >= 11 is 0. The zero-order valence-corrected chi connectivity index (χ0v) is 8.04. The van der Waals surface area contributed by atoms with Crippen LogP contribution < -0.4 is 9.47 Å². The van der Waals surface area contributed by atoms with E-state index in [1.165, 1.54) is 25.3 Å². The molecule has 86 valence electrons. The Balaban J connectivity index is 3.24. The van der Waals surface area contributed by atoms with Gasteiger partial charge in [0.2, 0.25) is 6.08 Å². The second-order valence-electron chi connectivity index (χ2n) is 2.56. The van der Waals surface area contributed by atoms with Crippen molar-refractivity contribution in [1.82, 2.24) is 0 Å². The molecule has 0 saturated carbocycles. The number of nitrogens with zero attached hydrogens (tertiary/aromatic N) is 1. The SMILES string of the molecule is COc1cccc(N=C=O)c1OC(F)(F)F. The predicted octanol–water partition coefficient (Wildman–Crippen LogP) is 2.56. The van der Waals surface area contributed by atoms with E-state index in [1.54, 1.807) is 0 Å². The minimum Gasteiger partial charge on any atom is -0.493 e. The van der Waals surface area contributed by atoms with Crippen LogP contribution in [0.1, 0.15) is 0 Å². The van der Waals surface area contributed by atoms with E-state index in [2.05, 4.69) is 14.5 Å². The summed E-state index contributed by atoms with van der Waals surface area (Å²) in [6.07, 6.45) is -3.75. The van der Waals surface area contributed by atoms with Gasteiger partial charge in [-0.05, 0) is 12.1 Å². The van der Waals surface area contributed by atoms with E-state index in [1.807, 2.05) is 0 Å². The summed E-state index contributed by atoms with van der Waals surface area (Å²) in [5.74, 6) is -0.838. The molecule has 1 aromatic rings. The molecule has 0 heterocycles. The highest BCUT2D eigenvalue weighted by molar-refractivity contribution is 5.63. The van der Waals surface area contributed by atoms with Crippen LogP contribution in [0.4, 0.5) is 18.9 Å². The van der Waals surface area contributed by atoms with E-state index in [4.69, 9.17) is 0 Å². The number of benzene rings is 1. The molecule has 0 unspecified atom stereocenters. The number of methoxy groups -OCH3 is 1. The Morgan fingerprint density at radius 3 is 2.56 bits per heavy atom. The standard InChI is InChI=1S/C9H6F3NO3/c1-15-7-4-2-3-6(13-5-14)8(7)16-9(10,11)12/h2-4H,1H3. The number of hydrogen-bond acceptors (Lipinski definition) is 4. The Hall–Kier alpha value is -2.01. The summed E-state index contributed by atoms with van der Waals surface area (Å²) in [6, 6.07) is 3.80. The Kier molecular flexibility index (Phi) is 3.52. The van der Waals surface area contributed by atoms with Crippen molar-refractivity contribution >= 4 is 11.8 Å². The number of para-hydroxylation sites is 1. The Morgan fingerprint density at radius 1 is 1.38 bits per heavy atom. The first-order valence-electron chi connectivity index (χ1n) is 3.98. The summed E-state index contributed by atoms with van der Waals surface area (Å²) < 4.78 is 44.6. The number of rotatable bonds is 3. The van der Waals surface area contributed by atoms with Crippen LogP contribution >= 0.6 is 0 Å². The Labute approximate surface area is 88.3 Å². The van der Waals surface area contributed by atoms with Crippen LogP contribution in [0.2, 0.25) is 0 Å². The summed E-state index contributed by atoms with van der Waals surface area (Å²) in [5, 5.41) is 0. The van der Waals surface area contributed by atoms with Gasteiger partial charge < -0.3 is 9.47 Å². The second kappa shape index (κ2) is 4.67. The molecule has 0 radical (unpaired) electrons. The molecule has 4 nitrogen and oxygen atoms in total. The molecule has 0 spiro atoms. The maximum Gasteiger partial charge on any atom is 0.573 e. The van der Waals surface area contributed by atoms with E-state index in [-0.39, 0.29) is 11.4 Å². The number of alkyl halides is 3. The highest BCUT2D eigenvalue weighted by atomic mass is 19.4. The molecule has 0 aliphatic rings. The van der Waals surface area contributed by atoms with Crippen molar-refractivity contribution in [2.75, 3.05) is 7.11 Å². The van der Waals surface area contributed by atoms with Crippen molar-refractivity contribution in [3.8, 4) is 11.5 Å². The van der Waals surface area contributed by atoms with Gasteiger partial charge in [0.25, 0.3) is 0 Å². The first kappa shape index (κ1) is 12.1. The first-order chi connectivity index (χ1) is 7.48. The maximum atomic E-state index is 12.1. The summed E-state index contributed by atoms with van der Waals surface area (Å²) in [6.45, 7) is 0.